The van der Waals surface area contributed by atoms with Gasteiger partial charge in [0.25, 0.3) is 0 Å². The van der Waals surface area contributed by atoms with E-state index >= 15 is 0 Å². The second-order valence-electron chi connectivity index (χ2n) is 7.73. The minimum atomic E-state index is -0.932. The Hall–Kier alpha value is -3.05. The molecule has 1 unspecified atom stereocenters. The van der Waals surface area contributed by atoms with Crippen molar-refractivity contribution < 1.29 is 18.3 Å². The third-order valence-electron chi connectivity index (χ3n) is 5.85. The number of rotatable bonds is 5. The van der Waals surface area contributed by atoms with Crippen molar-refractivity contribution in [2.24, 2.45) is 0 Å². The van der Waals surface area contributed by atoms with Gasteiger partial charge in [0.1, 0.15) is 18.5 Å². The number of halogens is 2. The minimum absolute atomic E-state index is 0.116. The van der Waals surface area contributed by atoms with E-state index in [9.17, 15) is 13.6 Å². The van der Waals surface area contributed by atoms with Gasteiger partial charge >= 0.3 is 0 Å². The molecule has 2 fully saturated rings. The van der Waals surface area contributed by atoms with Gasteiger partial charge in [-0.25, -0.2) is 13.8 Å². The molecule has 0 N–H and O–H groups in total. The lowest BCUT2D eigenvalue weighted by Gasteiger charge is -2.41. The Bertz CT molecular complexity index is 962. The lowest BCUT2D eigenvalue weighted by atomic mass is 10.1. The average Bonchev–Trinajstić information content (AvgIpc) is 3.02. The number of aromatic nitrogens is 1. The van der Waals surface area contributed by atoms with Crippen molar-refractivity contribution in [1.82, 2.24) is 9.88 Å². The molecule has 2 aliphatic heterocycles. The minimum Gasteiger partial charge on any atom is -0.364 e. The van der Waals surface area contributed by atoms with Crippen LogP contribution in [0.3, 0.4) is 0 Å². The predicted molar refractivity (Wildman–Crippen MR) is 106 cm³/mol. The number of nitriles is 1. The Morgan fingerprint density at radius 3 is 2.57 bits per heavy atom. The zero-order valence-electron chi connectivity index (χ0n) is 16.6. The van der Waals surface area contributed by atoms with Crippen LogP contribution in [0.1, 0.15) is 37.0 Å². The maximum atomic E-state index is 13.4. The van der Waals surface area contributed by atoms with Crippen LogP contribution in [0.2, 0.25) is 0 Å². The molecule has 156 valence electrons. The molecule has 4 rings (SSSR count). The van der Waals surface area contributed by atoms with Gasteiger partial charge in [-0.2, -0.15) is 5.26 Å². The number of piperazine rings is 1. The van der Waals surface area contributed by atoms with Crippen molar-refractivity contribution >= 4 is 11.7 Å². The molecule has 2 bridgehead atoms. The number of carbonyl (C=O) groups is 1. The van der Waals surface area contributed by atoms with Gasteiger partial charge in [0.2, 0.25) is 5.91 Å². The van der Waals surface area contributed by atoms with Gasteiger partial charge < -0.3 is 14.5 Å². The van der Waals surface area contributed by atoms with Gasteiger partial charge in [-0.3, -0.25) is 4.79 Å². The van der Waals surface area contributed by atoms with Crippen LogP contribution in [0.4, 0.5) is 14.6 Å². The van der Waals surface area contributed by atoms with Crippen molar-refractivity contribution in [1.29, 1.82) is 5.26 Å². The van der Waals surface area contributed by atoms with Crippen LogP contribution in [0, 0.1) is 23.0 Å². The highest BCUT2D eigenvalue weighted by atomic mass is 19.2. The van der Waals surface area contributed by atoms with Crippen LogP contribution in [0.15, 0.2) is 36.5 Å². The van der Waals surface area contributed by atoms with Crippen molar-refractivity contribution in [3.05, 3.63) is 59.3 Å². The molecule has 0 saturated carbocycles. The number of benzene rings is 1. The third-order valence-corrected chi connectivity index (χ3v) is 5.85. The van der Waals surface area contributed by atoms with Gasteiger partial charge in [0, 0.05) is 31.4 Å². The number of amides is 1. The Morgan fingerprint density at radius 2 is 1.97 bits per heavy atom. The molecule has 2 aliphatic rings. The molecule has 1 aromatic heterocycles. The Morgan fingerprint density at radius 1 is 1.23 bits per heavy atom. The van der Waals surface area contributed by atoms with Crippen LogP contribution in [-0.4, -0.2) is 47.6 Å². The number of hydrogen-bond donors (Lipinski definition) is 0. The summed E-state index contributed by atoms with van der Waals surface area (Å²) in [6, 6.07) is 9.64. The number of ether oxygens (including phenoxy) is 1. The van der Waals surface area contributed by atoms with Crippen LogP contribution in [0.5, 0.6) is 0 Å². The van der Waals surface area contributed by atoms with Gasteiger partial charge in [-0.05, 0) is 49.6 Å². The lowest BCUT2D eigenvalue weighted by Crippen LogP contribution is -2.56. The van der Waals surface area contributed by atoms with Gasteiger partial charge in [-0.1, -0.05) is 6.07 Å². The van der Waals surface area contributed by atoms with Crippen molar-refractivity contribution in [3.63, 3.8) is 0 Å². The molecule has 2 saturated heterocycles. The van der Waals surface area contributed by atoms with Crippen LogP contribution in [0.25, 0.3) is 0 Å². The molecule has 3 atom stereocenters. The monoisotopic (exact) mass is 412 g/mol. The summed E-state index contributed by atoms with van der Waals surface area (Å²) in [5.74, 6) is -1.13. The molecular weight excluding hydrogens is 390 g/mol. The zero-order chi connectivity index (χ0) is 21.3. The summed E-state index contributed by atoms with van der Waals surface area (Å²) >= 11 is 0. The summed E-state index contributed by atoms with van der Waals surface area (Å²) in [5, 5.41) is 8.94. The first kappa shape index (κ1) is 20.2. The molecule has 0 spiro atoms. The maximum absolute atomic E-state index is 13.4. The van der Waals surface area contributed by atoms with E-state index in [1.807, 2.05) is 6.07 Å². The van der Waals surface area contributed by atoms with Crippen molar-refractivity contribution in [2.45, 2.75) is 38.0 Å². The zero-order valence-corrected chi connectivity index (χ0v) is 16.6. The fourth-order valence-electron chi connectivity index (χ4n) is 4.23. The number of hydrogen-bond acceptors (Lipinski definition) is 5. The number of pyridine rings is 1. The normalized spacial score (nSPS) is 21.4. The number of carbonyl (C=O) groups excluding carboxylic acids is 1. The molecule has 0 aliphatic carbocycles. The highest BCUT2D eigenvalue weighted by Gasteiger charge is 2.41. The average molecular weight is 412 g/mol. The largest absolute Gasteiger partial charge is 0.364 e. The first-order valence-corrected chi connectivity index (χ1v) is 9.95. The topological polar surface area (TPSA) is 69.5 Å². The molecule has 1 amide bonds. The number of fused-ring (bicyclic) bond motifs is 2. The molecule has 8 heteroatoms. The van der Waals surface area contributed by atoms with E-state index < -0.39 is 17.7 Å². The van der Waals surface area contributed by atoms with Crippen LogP contribution >= 0.6 is 0 Å². The summed E-state index contributed by atoms with van der Waals surface area (Å²) in [5.41, 5.74) is 1.01. The van der Waals surface area contributed by atoms with Crippen molar-refractivity contribution in [3.8, 4) is 6.07 Å². The molecule has 3 heterocycles. The number of likely N-dealkylation sites (tertiary alicyclic amines) is 1. The van der Waals surface area contributed by atoms with Gasteiger partial charge in [0.05, 0.1) is 11.7 Å². The standard InChI is InChI=1S/C22H22F2N4O2/c1-14(16-3-6-19(23)20(24)8-16)30-13-22(29)27-11-17-4-5-18(12-27)28(17)21-7-2-15(9-25)10-26-21/h2-3,6-8,10,14,17-18H,4-5,11-13H2,1H3/t14-,17-,18?/m0/s1. The van der Waals surface area contributed by atoms with Crippen molar-refractivity contribution in [2.75, 3.05) is 24.6 Å². The highest BCUT2D eigenvalue weighted by Crippen LogP contribution is 2.34. The Balaban J connectivity index is 1.35. The van der Waals surface area contributed by atoms with E-state index in [2.05, 4.69) is 16.0 Å². The van der Waals surface area contributed by atoms with E-state index in [-0.39, 0.29) is 24.6 Å². The molecule has 2 aromatic rings. The Labute approximate surface area is 173 Å². The first-order valence-electron chi connectivity index (χ1n) is 9.95. The van der Waals surface area contributed by atoms with E-state index in [0.717, 1.165) is 30.8 Å². The molecule has 0 radical (unpaired) electrons. The summed E-state index contributed by atoms with van der Waals surface area (Å²) < 4.78 is 32.1. The van der Waals surface area contributed by atoms with Crippen LogP contribution < -0.4 is 4.90 Å². The summed E-state index contributed by atoms with van der Waals surface area (Å²) in [6.07, 6.45) is 2.99. The Kier molecular flexibility index (Phi) is 5.64. The highest BCUT2D eigenvalue weighted by molar-refractivity contribution is 5.78. The summed E-state index contributed by atoms with van der Waals surface area (Å²) in [7, 11) is 0. The van der Waals surface area contributed by atoms with Crippen LogP contribution in [-0.2, 0) is 9.53 Å². The van der Waals surface area contributed by atoms with Gasteiger partial charge in [-0.15, -0.1) is 0 Å². The number of anilines is 1. The second-order valence-corrected chi connectivity index (χ2v) is 7.73. The van der Waals surface area contributed by atoms with E-state index in [0.29, 0.717) is 24.2 Å². The predicted octanol–water partition coefficient (Wildman–Crippen LogP) is 3.19. The molecular formula is C22H22F2N4O2. The SMILES string of the molecule is C[C@H](OCC(=O)N1CC2CC[C@@H](C1)N2c1ccc(C#N)cn1)c1ccc(F)c(F)c1. The summed E-state index contributed by atoms with van der Waals surface area (Å²) in [4.78, 5) is 21.2. The molecule has 1 aromatic carbocycles. The smallest absolute Gasteiger partial charge is 0.248 e. The fourth-order valence-corrected chi connectivity index (χ4v) is 4.23. The fraction of sp³-hybridized carbons (Fsp3) is 0.409. The number of nitrogens with zero attached hydrogens (tertiary/aromatic N) is 4. The first-order chi connectivity index (χ1) is 14.5. The van der Waals surface area contributed by atoms with E-state index in [4.69, 9.17) is 10.00 Å². The van der Waals surface area contributed by atoms with Gasteiger partial charge in [0.15, 0.2) is 11.6 Å². The lowest BCUT2D eigenvalue weighted by molar-refractivity contribution is -0.139. The summed E-state index contributed by atoms with van der Waals surface area (Å²) in [6.45, 7) is 2.76. The quantitative estimate of drug-likeness (QED) is 0.755. The maximum Gasteiger partial charge on any atom is 0.248 e. The molecule has 30 heavy (non-hydrogen) atoms. The third kappa shape index (κ3) is 3.98. The van der Waals surface area contributed by atoms with E-state index in [1.54, 1.807) is 24.1 Å². The molecule has 6 nitrogen and oxygen atoms in total. The second kappa shape index (κ2) is 8.36. The van der Waals surface area contributed by atoms with E-state index in [1.165, 1.54) is 6.07 Å².